The molecule has 8 heteroatoms. The minimum atomic E-state index is -0.512. The van der Waals surface area contributed by atoms with Gasteiger partial charge in [-0.15, -0.1) is 0 Å². The zero-order valence-electron chi connectivity index (χ0n) is 16.3. The average molecular weight is 415 g/mol. The Morgan fingerprint density at radius 1 is 0.871 bits per heavy atom. The highest BCUT2D eigenvalue weighted by Crippen LogP contribution is 2.39. The molecule has 0 radical (unpaired) electrons. The average Bonchev–Trinajstić information content (AvgIpc) is 3.46. The van der Waals surface area contributed by atoms with E-state index in [2.05, 4.69) is 10.4 Å². The summed E-state index contributed by atoms with van der Waals surface area (Å²) < 4.78 is 21.7. The van der Waals surface area contributed by atoms with E-state index in [1.54, 1.807) is 12.3 Å². The van der Waals surface area contributed by atoms with Crippen LogP contribution in [0, 0.1) is 0 Å². The van der Waals surface area contributed by atoms with Crippen LogP contribution in [0.4, 0.5) is 5.69 Å². The van der Waals surface area contributed by atoms with E-state index in [-0.39, 0.29) is 19.5 Å². The molecule has 8 nitrogen and oxygen atoms in total. The van der Waals surface area contributed by atoms with Gasteiger partial charge in [0, 0.05) is 11.3 Å². The zero-order valence-corrected chi connectivity index (χ0v) is 16.3. The summed E-state index contributed by atoms with van der Waals surface area (Å²) in [5.74, 6) is 2.48. The van der Waals surface area contributed by atoms with Gasteiger partial charge in [-0.05, 0) is 48.0 Å². The number of nitrogens with zero attached hydrogens (tertiary/aromatic N) is 2. The molecule has 154 valence electrons. The Morgan fingerprint density at radius 3 is 2.42 bits per heavy atom. The number of carbonyl (C=O) groups is 1. The summed E-state index contributed by atoms with van der Waals surface area (Å²) in [5.41, 5.74) is 2.93. The van der Waals surface area contributed by atoms with Crippen molar-refractivity contribution >= 4 is 17.8 Å². The van der Waals surface area contributed by atoms with Crippen LogP contribution in [0.2, 0.25) is 0 Å². The van der Waals surface area contributed by atoms with E-state index in [0.717, 1.165) is 16.8 Å². The Bertz CT molecular complexity index is 1230. The summed E-state index contributed by atoms with van der Waals surface area (Å²) in [6.07, 6.45) is 1.12. The molecular formula is C23H17N3O5. The number of hydrogen-bond donors (Lipinski definition) is 1. The standard InChI is InChI=1S/C23H17N3O5/c27-23-16-3-1-2-4-17(16)25-22(15-6-8-19-21(10-15)31-13-29-19)26(23)24-11-14-5-7-18-20(9-14)30-12-28-18/h1-11,22,25H,12-13H2/b24-11-/t22-/m1/s1. The first kappa shape index (κ1) is 17.6. The van der Waals surface area contributed by atoms with Crippen LogP contribution in [0.5, 0.6) is 23.0 Å². The van der Waals surface area contributed by atoms with Crippen LogP contribution in [0.25, 0.3) is 0 Å². The number of ether oxygens (including phenoxy) is 4. The van der Waals surface area contributed by atoms with Crippen molar-refractivity contribution in [3.8, 4) is 23.0 Å². The van der Waals surface area contributed by atoms with E-state index < -0.39 is 6.17 Å². The summed E-state index contributed by atoms with van der Waals surface area (Å²) in [4.78, 5) is 13.3. The van der Waals surface area contributed by atoms with Gasteiger partial charge in [-0.3, -0.25) is 4.79 Å². The number of anilines is 1. The lowest BCUT2D eigenvalue weighted by molar-refractivity contribution is 0.0691. The summed E-state index contributed by atoms with van der Waals surface area (Å²) in [5, 5.41) is 9.39. The third-order valence-electron chi connectivity index (χ3n) is 5.34. The fourth-order valence-corrected chi connectivity index (χ4v) is 3.79. The molecule has 1 amide bonds. The van der Waals surface area contributed by atoms with Gasteiger partial charge in [0.15, 0.2) is 29.2 Å². The number of benzene rings is 3. The van der Waals surface area contributed by atoms with Crippen LogP contribution in [-0.2, 0) is 0 Å². The molecule has 3 aliphatic heterocycles. The van der Waals surface area contributed by atoms with Gasteiger partial charge >= 0.3 is 0 Å². The first-order chi connectivity index (χ1) is 15.3. The molecule has 0 aromatic heterocycles. The predicted octanol–water partition coefficient (Wildman–Crippen LogP) is 3.74. The Labute approximate surface area is 177 Å². The maximum atomic E-state index is 13.3. The lowest BCUT2D eigenvalue weighted by atomic mass is 10.0. The number of amides is 1. The molecule has 0 aliphatic carbocycles. The quantitative estimate of drug-likeness (QED) is 0.657. The Balaban J connectivity index is 1.38. The molecule has 3 heterocycles. The smallest absolute Gasteiger partial charge is 0.278 e. The second-order valence-corrected chi connectivity index (χ2v) is 7.21. The molecule has 6 rings (SSSR count). The number of carbonyl (C=O) groups excluding carboxylic acids is 1. The molecule has 3 aliphatic rings. The molecule has 0 unspecified atom stereocenters. The molecule has 0 saturated carbocycles. The largest absolute Gasteiger partial charge is 0.454 e. The number of fused-ring (bicyclic) bond motifs is 3. The molecular weight excluding hydrogens is 398 g/mol. The number of para-hydroxylation sites is 1. The van der Waals surface area contributed by atoms with Crippen molar-refractivity contribution < 1.29 is 23.7 Å². The van der Waals surface area contributed by atoms with Gasteiger partial charge < -0.3 is 24.3 Å². The number of rotatable bonds is 3. The van der Waals surface area contributed by atoms with Crippen LogP contribution < -0.4 is 24.3 Å². The topological polar surface area (TPSA) is 81.6 Å². The molecule has 1 atom stereocenters. The highest BCUT2D eigenvalue weighted by molar-refractivity contribution is 6.02. The molecule has 0 fully saturated rings. The number of nitrogens with one attached hydrogen (secondary N) is 1. The molecule has 3 aromatic carbocycles. The summed E-state index contributed by atoms with van der Waals surface area (Å²) >= 11 is 0. The maximum Gasteiger partial charge on any atom is 0.278 e. The summed E-state index contributed by atoms with van der Waals surface area (Å²) in [6.45, 7) is 0.387. The van der Waals surface area contributed by atoms with Crippen molar-refractivity contribution in [2.24, 2.45) is 5.10 Å². The lowest BCUT2D eigenvalue weighted by Crippen LogP contribution is -2.39. The van der Waals surface area contributed by atoms with Crippen molar-refractivity contribution in [3.63, 3.8) is 0 Å². The zero-order chi connectivity index (χ0) is 20.8. The van der Waals surface area contributed by atoms with Gasteiger partial charge in [0.25, 0.3) is 5.91 Å². The number of hydrogen-bond acceptors (Lipinski definition) is 7. The fraction of sp³-hybridized carbons (Fsp3) is 0.130. The van der Waals surface area contributed by atoms with E-state index in [1.165, 1.54) is 5.01 Å². The fourth-order valence-electron chi connectivity index (χ4n) is 3.79. The second kappa shape index (κ2) is 6.94. The van der Waals surface area contributed by atoms with Crippen LogP contribution >= 0.6 is 0 Å². The summed E-state index contributed by atoms with van der Waals surface area (Å²) in [7, 11) is 0. The minimum Gasteiger partial charge on any atom is -0.454 e. The minimum absolute atomic E-state index is 0.185. The van der Waals surface area contributed by atoms with Gasteiger partial charge in [-0.1, -0.05) is 18.2 Å². The molecule has 31 heavy (non-hydrogen) atoms. The summed E-state index contributed by atoms with van der Waals surface area (Å²) in [6, 6.07) is 18.5. The van der Waals surface area contributed by atoms with Crippen molar-refractivity contribution in [3.05, 3.63) is 77.4 Å². The molecule has 0 saturated heterocycles. The Morgan fingerprint density at radius 2 is 1.58 bits per heavy atom. The maximum absolute atomic E-state index is 13.3. The molecule has 0 spiro atoms. The van der Waals surface area contributed by atoms with Crippen molar-refractivity contribution in [2.75, 3.05) is 18.9 Å². The lowest BCUT2D eigenvalue weighted by Gasteiger charge is -2.34. The highest BCUT2D eigenvalue weighted by atomic mass is 16.7. The van der Waals surface area contributed by atoms with Crippen LogP contribution in [0.15, 0.2) is 65.8 Å². The van der Waals surface area contributed by atoms with Crippen molar-refractivity contribution in [2.45, 2.75) is 6.17 Å². The number of hydrazone groups is 1. The first-order valence-corrected chi connectivity index (χ1v) is 9.78. The van der Waals surface area contributed by atoms with Gasteiger partial charge in [0.1, 0.15) is 0 Å². The van der Waals surface area contributed by atoms with Crippen LogP contribution in [-0.4, -0.2) is 30.7 Å². The Kier molecular flexibility index (Phi) is 3.95. The third kappa shape index (κ3) is 3.00. The normalized spacial score (nSPS) is 18.3. The van der Waals surface area contributed by atoms with Crippen LogP contribution in [0.1, 0.15) is 27.7 Å². The van der Waals surface area contributed by atoms with Crippen molar-refractivity contribution in [1.82, 2.24) is 5.01 Å². The van der Waals surface area contributed by atoms with Crippen molar-refractivity contribution in [1.29, 1.82) is 0 Å². The van der Waals surface area contributed by atoms with E-state index in [0.29, 0.717) is 28.6 Å². The second-order valence-electron chi connectivity index (χ2n) is 7.21. The van der Waals surface area contributed by atoms with E-state index >= 15 is 0 Å². The molecule has 3 aromatic rings. The van der Waals surface area contributed by atoms with Gasteiger partial charge in [0.05, 0.1) is 11.8 Å². The van der Waals surface area contributed by atoms with Gasteiger partial charge in [-0.2, -0.15) is 5.10 Å². The molecule has 0 bridgehead atoms. The van der Waals surface area contributed by atoms with Gasteiger partial charge in [-0.25, -0.2) is 5.01 Å². The third-order valence-corrected chi connectivity index (χ3v) is 5.34. The van der Waals surface area contributed by atoms with E-state index in [9.17, 15) is 4.79 Å². The monoisotopic (exact) mass is 415 g/mol. The first-order valence-electron chi connectivity index (χ1n) is 9.78. The Hall–Kier alpha value is -4.20. The van der Waals surface area contributed by atoms with E-state index in [4.69, 9.17) is 18.9 Å². The SMILES string of the molecule is O=C1c2ccccc2N[C@@H](c2ccc3c(c2)OCO3)N1/N=C\c1ccc2c(c1)OCO2. The van der Waals surface area contributed by atoms with E-state index in [1.807, 2.05) is 54.6 Å². The predicted molar refractivity (Wildman–Crippen MR) is 112 cm³/mol. The van der Waals surface area contributed by atoms with Gasteiger partial charge in [0.2, 0.25) is 13.6 Å². The highest BCUT2D eigenvalue weighted by Gasteiger charge is 2.33. The molecule has 1 N–H and O–H groups in total. The van der Waals surface area contributed by atoms with Crippen LogP contribution in [0.3, 0.4) is 0 Å².